The quantitative estimate of drug-likeness (QED) is 0.728. The van der Waals surface area contributed by atoms with Crippen molar-refractivity contribution in [2.24, 2.45) is 0 Å². The molecule has 0 atom stereocenters. The number of sulfonamides is 1. The Morgan fingerprint density at radius 3 is 2.78 bits per heavy atom. The van der Waals surface area contributed by atoms with Crippen molar-refractivity contribution in [1.82, 2.24) is 4.98 Å². The zero-order valence-corrected chi connectivity index (χ0v) is 10.4. The smallest absolute Gasteiger partial charge is 0.269 e. The van der Waals surface area contributed by atoms with Crippen LogP contribution in [0.25, 0.3) is 0 Å². The molecular formula is C12H10N2O3S. The van der Waals surface area contributed by atoms with Gasteiger partial charge in [-0.05, 0) is 24.3 Å². The van der Waals surface area contributed by atoms with Gasteiger partial charge in [-0.15, -0.1) is 0 Å². The lowest BCUT2D eigenvalue weighted by Crippen LogP contribution is -2.25. The van der Waals surface area contributed by atoms with Gasteiger partial charge in [0.1, 0.15) is 4.90 Å². The molecule has 2 aromatic rings. The first-order chi connectivity index (χ1) is 8.60. The van der Waals surface area contributed by atoms with Crippen LogP contribution in [0, 0.1) is 0 Å². The van der Waals surface area contributed by atoms with E-state index in [2.05, 4.69) is 4.98 Å². The molecule has 0 amide bonds. The van der Waals surface area contributed by atoms with Crippen LogP contribution in [0.3, 0.4) is 0 Å². The Morgan fingerprint density at radius 2 is 1.94 bits per heavy atom. The molecule has 18 heavy (non-hydrogen) atoms. The van der Waals surface area contributed by atoms with Crippen LogP contribution in [-0.4, -0.2) is 20.4 Å². The summed E-state index contributed by atoms with van der Waals surface area (Å²) in [6.07, 6.45) is 1.50. The summed E-state index contributed by atoms with van der Waals surface area (Å²) in [7, 11) is -2.13. The first kappa shape index (κ1) is 11.0. The van der Waals surface area contributed by atoms with E-state index in [1.165, 1.54) is 23.6 Å². The summed E-state index contributed by atoms with van der Waals surface area (Å²) in [6, 6.07) is 10.0. The molecule has 2 heterocycles. The third-order valence-electron chi connectivity index (χ3n) is 2.79. The number of nitrogens with zero attached hydrogens (tertiary/aromatic N) is 2. The van der Waals surface area contributed by atoms with Crippen molar-refractivity contribution in [1.29, 1.82) is 0 Å². The molecule has 0 saturated carbocycles. The topological polar surface area (TPSA) is 59.5 Å². The third kappa shape index (κ3) is 1.46. The third-order valence-corrected chi connectivity index (χ3v) is 4.57. The molecule has 0 bridgehead atoms. The van der Waals surface area contributed by atoms with Crippen molar-refractivity contribution in [3.8, 4) is 11.6 Å². The molecular weight excluding hydrogens is 252 g/mol. The molecule has 0 radical (unpaired) electrons. The highest BCUT2D eigenvalue weighted by Gasteiger charge is 2.31. The van der Waals surface area contributed by atoms with E-state index in [4.69, 9.17) is 4.74 Å². The standard InChI is InChI=1S/C12H10N2O3S/c1-14-9-5-2-3-6-10(9)17-12-11(18(14,15)16)7-4-8-13-12/h2-8H,1H3. The lowest BCUT2D eigenvalue weighted by Gasteiger charge is -2.17. The second kappa shape index (κ2) is 3.71. The molecule has 92 valence electrons. The SMILES string of the molecule is CN1c2ccccc2Oc2ncccc2S1(=O)=O. The molecule has 0 saturated heterocycles. The van der Waals surface area contributed by atoms with E-state index in [0.29, 0.717) is 11.4 Å². The highest BCUT2D eigenvalue weighted by molar-refractivity contribution is 7.93. The minimum atomic E-state index is -3.62. The molecule has 0 spiro atoms. The van der Waals surface area contributed by atoms with Crippen molar-refractivity contribution >= 4 is 15.7 Å². The summed E-state index contributed by atoms with van der Waals surface area (Å²) in [5.74, 6) is 0.579. The van der Waals surface area contributed by atoms with Gasteiger partial charge in [0, 0.05) is 13.2 Å². The van der Waals surface area contributed by atoms with Crippen LogP contribution in [0.5, 0.6) is 11.6 Å². The van der Waals surface area contributed by atoms with Crippen LogP contribution in [0.1, 0.15) is 0 Å². The Bertz CT molecular complexity index is 713. The second-order valence-corrected chi connectivity index (χ2v) is 5.79. The Kier molecular flexibility index (Phi) is 2.27. The average molecular weight is 262 g/mol. The molecule has 1 aliphatic heterocycles. The van der Waals surface area contributed by atoms with Crippen LogP contribution in [0.2, 0.25) is 0 Å². The van der Waals surface area contributed by atoms with Crippen molar-refractivity contribution in [2.45, 2.75) is 4.90 Å². The number of fused-ring (bicyclic) bond motifs is 2. The fourth-order valence-corrected chi connectivity index (χ4v) is 3.10. The maximum absolute atomic E-state index is 12.4. The minimum Gasteiger partial charge on any atom is -0.435 e. The second-order valence-electron chi connectivity index (χ2n) is 3.85. The Balaban J connectivity index is 2.35. The summed E-state index contributed by atoms with van der Waals surface area (Å²) in [5, 5.41) is 0. The van der Waals surface area contributed by atoms with Gasteiger partial charge >= 0.3 is 0 Å². The van der Waals surface area contributed by atoms with E-state index >= 15 is 0 Å². The molecule has 6 heteroatoms. The highest BCUT2D eigenvalue weighted by atomic mass is 32.2. The maximum Gasteiger partial charge on any atom is 0.269 e. The van der Waals surface area contributed by atoms with Crippen LogP contribution >= 0.6 is 0 Å². The number of hydrogen-bond donors (Lipinski definition) is 0. The van der Waals surface area contributed by atoms with Gasteiger partial charge in [-0.25, -0.2) is 13.4 Å². The summed E-state index contributed by atoms with van der Waals surface area (Å²) in [4.78, 5) is 4.05. The number of benzene rings is 1. The van der Waals surface area contributed by atoms with Gasteiger partial charge in [-0.2, -0.15) is 0 Å². The van der Waals surface area contributed by atoms with Crippen LogP contribution < -0.4 is 9.04 Å². The number of hydrogen-bond acceptors (Lipinski definition) is 4. The Hall–Kier alpha value is -2.08. The molecule has 5 nitrogen and oxygen atoms in total. The fraction of sp³-hybridized carbons (Fsp3) is 0.0833. The number of anilines is 1. The van der Waals surface area contributed by atoms with E-state index in [1.54, 1.807) is 30.3 Å². The zero-order chi connectivity index (χ0) is 12.8. The number of ether oxygens (including phenoxy) is 1. The van der Waals surface area contributed by atoms with Crippen LogP contribution in [-0.2, 0) is 10.0 Å². The number of para-hydroxylation sites is 2. The largest absolute Gasteiger partial charge is 0.435 e. The number of aromatic nitrogens is 1. The predicted octanol–water partition coefficient (Wildman–Crippen LogP) is 2.01. The van der Waals surface area contributed by atoms with Crippen molar-refractivity contribution in [3.05, 3.63) is 42.6 Å². The van der Waals surface area contributed by atoms with Gasteiger partial charge in [-0.1, -0.05) is 12.1 Å². The van der Waals surface area contributed by atoms with Gasteiger partial charge in [-0.3, -0.25) is 4.31 Å². The van der Waals surface area contributed by atoms with Crippen molar-refractivity contribution in [3.63, 3.8) is 0 Å². The van der Waals surface area contributed by atoms with Gasteiger partial charge in [0.15, 0.2) is 5.75 Å². The Morgan fingerprint density at radius 1 is 1.17 bits per heavy atom. The Labute approximate surface area is 105 Å². The van der Waals surface area contributed by atoms with Crippen LogP contribution in [0.4, 0.5) is 5.69 Å². The van der Waals surface area contributed by atoms with E-state index in [9.17, 15) is 8.42 Å². The zero-order valence-electron chi connectivity index (χ0n) is 9.57. The lowest BCUT2D eigenvalue weighted by atomic mass is 10.3. The monoisotopic (exact) mass is 262 g/mol. The molecule has 0 unspecified atom stereocenters. The van der Waals surface area contributed by atoms with Gasteiger partial charge < -0.3 is 4.74 Å². The summed E-state index contributed by atoms with van der Waals surface area (Å²) < 4.78 is 31.6. The maximum atomic E-state index is 12.4. The summed E-state index contributed by atoms with van der Waals surface area (Å²) >= 11 is 0. The van der Waals surface area contributed by atoms with Gasteiger partial charge in [0.25, 0.3) is 10.0 Å². The van der Waals surface area contributed by atoms with Crippen molar-refractivity contribution < 1.29 is 13.2 Å². The minimum absolute atomic E-state index is 0.0729. The van der Waals surface area contributed by atoms with Gasteiger partial charge in [0.2, 0.25) is 5.88 Å². The molecule has 0 N–H and O–H groups in total. The molecule has 1 aromatic carbocycles. The number of rotatable bonds is 0. The average Bonchev–Trinajstić information content (AvgIpc) is 2.46. The molecule has 0 aliphatic carbocycles. The molecule has 1 aromatic heterocycles. The fourth-order valence-electron chi connectivity index (χ4n) is 1.83. The van der Waals surface area contributed by atoms with Gasteiger partial charge in [0.05, 0.1) is 5.69 Å². The predicted molar refractivity (Wildman–Crippen MR) is 66.3 cm³/mol. The number of pyridine rings is 1. The lowest BCUT2D eigenvalue weighted by molar-refractivity contribution is 0.452. The summed E-state index contributed by atoms with van der Waals surface area (Å²) in [6.45, 7) is 0. The van der Waals surface area contributed by atoms with Crippen molar-refractivity contribution in [2.75, 3.05) is 11.4 Å². The van der Waals surface area contributed by atoms with E-state index < -0.39 is 10.0 Å². The molecule has 0 fully saturated rings. The van der Waals surface area contributed by atoms with E-state index in [0.717, 1.165) is 0 Å². The first-order valence-corrected chi connectivity index (χ1v) is 6.75. The molecule has 1 aliphatic rings. The van der Waals surface area contributed by atoms with E-state index in [-0.39, 0.29) is 10.8 Å². The highest BCUT2D eigenvalue weighted by Crippen LogP contribution is 2.40. The van der Waals surface area contributed by atoms with E-state index in [1.807, 2.05) is 0 Å². The first-order valence-electron chi connectivity index (χ1n) is 5.31. The van der Waals surface area contributed by atoms with Crippen LogP contribution in [0.15, 0.2) is 47.5 Å². The molecule has 3 rings (SSSR count). The summed E-state index contributed by atoms with van der Waals surface area (Å²) in [5.41, 5.74) is 0.496. The normalized spacial score (nSPS) is 16.2.